The van der Waals surface area contributed by atoms with Crippen LogP contribution < -0.4 is 4.72 Å². The first kappa shape index (κ1) is 22.7. The fourth-order valence-electron chi connectivity index (χ4n) is 3.11. The van der Waals surface area contributed by atoms with Gasteiger partial charge in [-0.15, -0.1) is 12.4 Å². The predicted octanol–water partition coefficient (Wildman–Crippen LogP) is 3.99. The van der Waals surface area contributed by atoms with Gasteiger partial charge in [0.05, 0.1) is 0 Å². The molecule has 0 saturated carbocycles. The van der Waals surface area contributed by atoms with Crippen molar-refractivity contribution in [2.24, 2.45) is 0 Å². The molecular formula is C19H22ClF3N2O2S. The van der Waals surface area contributed by atoms with Gasteiger partial charge >= 0.3 is 0 Å². The van der Waals surface area contributed by atoms with Gasteiger partial charge in [-0.25, -0.2) is 26.3 Å². The molecule has 0 aromatic heterocycles. The highest BCUT2D eigenvalue weighted by atomic mass is 35.5. The number of nitrogens with one attached hydrogen (secondary N) is 1. The van der Waals surface area contributed by atoms with Crippen LogP contribution in [-0.2, 0) is 23.1 Å². The molecule has 0 unspecified atom stereocenters. The van der Waals surface area contributed by atoms with Crippen LogP contribution in [0.15, 0.2) is 41.3 Å². The van der Waals surface area contributed by atoms with Gasteiger partial charge in [-0.2, -0.15) is 0 Å². The van der Waals surface area contributed by atoms with Crippen LogP contribution in [0.5, 0.6) is 0 Å². The van der Waals surface area contributed by atoms with Gasteiger partial charge in [-0.1, -0.05) is 30.7 Å². The second-order valence-electron chi connectivity index (χ2n) is 6.65. The molecule has 2 aromatic carbocycles. The minimum absolute atomic E-state index is 0. The van der Waals surface area contributed by atoms with E-state index in [1.54, 1.807) is 12.1 Å². The molecule has 1 saturated heterocycles. The second-order valence-corrected chi connectivity index (χ2v) is 8.39. The molecule has 154 valence electrons. The smallest absolute Gasteiger partial charge is 0.243 e. The van der Waals surface area contributed by atoms with Crippen molar-refractivity contribution in [3.05, 3.63) is 65.0 Å². The van der Waals surface area contributed by atoms with Crippen LogP contribution in [0.3, 0.4) is 0 Å². The first-order valence-corrected chi connectivity index (χ1v) is 10.3. The quantitative estimate of drug-likeness (QED) is 0.699. The first-order chi connectivity index (χ1) is 12.9. The summed E-state index contributed by atoms with van der Waals surface area (Å²) in [5.74, 6) is -4.96. The number of benzene rings is 2. The lowest BCUT2D eigenvalue weighted by molar-refractivity contribution is 0.221. The predicted molar refractivity (Wildman–Crippen MR) is 103 cm³/mol. The minimum atomic E-state index is -4.30. The maximum atomic E-state index is 13.7. The number of nitrogens with zero attached hydrogens (tertiary/aromatic N) is 1. The maximum absolute atomic E-state index is 13.7. The third-order valence-corrected chi connectivity index (χ3v) is 6.05. The number of hydrogen-bond donors (Lipinski definition) is 1. The molecule has 0 bridgehead atoms. The molecule has 0 atom stereocenters. The standard InChI is InChI=1S/C19H21F3N2O2S.ClH/c20-16-8-9-17(19(22)18(16)21)27(25,26)23-12-14-4-6-15(7-5-14)13-24-10-2-1-3-11-24;/h4-9,23H,1-3,10-13H2;1H. The molecule has 1 N–H and O–H groups in total. The van der Waals surface area contributed by atoms with Crippen molar-refractivity contribution in [1.29, 1.82) is 0 Å². The van der Waals surface area contributed by atoms with E-state index in [0.29, 0.717) is 17.7 Å². The van der Waals surface area contributed by atoms with E-state index in [1.807, 2.05) is 12.1 Å². The Morgan fingerprint density at radius 1 is 0.857 bits per heavy atom. The highest BCUT2D eigenvalue weighted by Gasteiger charge is 2.23. The Labute approximate surface area is 169 Å². The van der Waals surface area contributed by atoms with E-state index in [9.17, 15) is 21.6 Å². The molecule has 1 aliphatic rings. The molecule has 0 spiro atoms. The van der Waals surface area contributed by atoms with Crippen LogP contribution >= 0.6 is 12.4 Å². The van der Waals surface area contributed by atoms with E-state index in [0.717, 1.165) is 25.2 Å². The Hall–Kier alpha value is -1.61. The molecule has 0 aliphatic carbocycles. The van der Waals surface area contributed by atoms with Gasteiger partial charge in [-0.05, 0) is 49.2 Å². The average molecular weight is 435 g/mol. The Morgan fingerprint density at radius 2 is 1.46 bits per heavy atom. The van der Waals surface area contributed by atoms with Crippen molar-refractivity contribution in [3.63, 3.8) is 0 Å². The second kappa shape index (κ2) is 9.73. The average Bonchev–Trinajstić information content (AvgIpc) is 2.66. The lowest BCUT2D eigenvalue weighted by Gasteiger charge is -2.26. The van der Waals surface area contributed by atoms with E-state index in [4.69, 9.17) is 0 Å². The largest absolute Gasteiger partial charge is 0.299 e. The first-order valence-electron chi connectivity index (χ1n) is 8.80. The summed E-state index contributed by atoms with van der Waals surface area (Å²) in [6, 6.07) is 8.74. The van der Waals surface area contributed by atoms with Crippen molar-refractivity contribution in [2.45, 2.75) is 37.2 Å². The minimum Gasteiger partial charge on any atom is -0.299 e. The van der Waals surface area contributed by atoms with Gasteiger partial charge in [0, 0.05) is 13.1 Å². The van der Waals surface area contributed by atoms with Crippen LogP contribution in [0, 0.1) is 17.5 Å². The Morgan fingerprint density at radius 3 is 2.11 bits per heavy atom. The van der Waals surface area contributed by atoms with Crippen LogP contribution in [0.1, 0.15) is 30.4 Å². The van der Waals surface area contributed by atoms with Gasteiger partial charge in [0.15, 0.2) is 17.5 Å². The van der Waals surface area contributed by atoms with Gasteiger partial charge in [0.25, 0.3) is 0 Å². The Bertz CT molecular complexity index is 902. The van der Waals surface area contributed by atoms with Crippen molar-refractivity contribution >= 4 is 22.4 Å². The molecule has 1 aliphatic heterocycles. The van der Waals surface area contributed by atoms with Crippen LogP contribution in [0.4, 0.5) is 13.2 Å². The third-order valence-electron chi connectivity index (χ3n) is 4.63. The molecule has 2 aromatic rings. The highest BCUT2D eigenvalue weighted by molar-refractivity contribution is 7.89. The molecule has 9 heteroatoms. The molecule has 1 fully saturated rings. The van der Waals surface area contributed by atoms with E-state index >= 15 is 0 Å². The number of piperidine rings is 1. The summed E-state index contributed by atoms with van der Waals surface area (Å²) >= 11 is 0. The number of rotatable bonds is 6. The van der Waals surface area contributed by atoms with Crippen LogP contribution in [0.2, 0.25) is 0 Å². The SMILES string of the molecule is Cl.O=S(=O)(NCc1ccc(CN2CCCCC2)cc1)c1ccc(F)c(F)c1F. The fraction of sp³-hybridized carbons (Fsp3) is 0.368. The van der Waals surface area contributed by atoms with E-state index < -0.39 is 32.4 Å². The lowest BCUT2D eigenvalue weighted by atomic mass is 10.1. The third kappa shape index (κ3) is 5.47. The summed E-state index contributed by atoms with van der Waals surface area (Å²) in [6.45, 7) is 2.94. The summed E-state index contributed by atoms with van der Waals surface area (Å²) in [5, 5.41) is 0. The van der Waals surface area contributed by atoms with Crippen LogP contribution in [-0.4, -0.2) is 26.4 Å². The summed E-state index contributed by atoms with van der Waals surface area (Å²) < 4.78 is 66.5. The molecular weight excluding hydrogens is 413 g/mol. The maximum Gasteiger partial charge on any atom is 0.243 e. The molecule has 28 heavy (non-hydrogen) atoms. The van der Waals surface area contributed by atoms with E-state index in [1.165, 1.54) is 19.3 Å². The van der Waals surface area contributed by atoms with Crippen molar-refractivity contribution in [2.75, 3.05) is 13.1 Å². The number of sulfonamides is 1. The summed E-state index contributed by atoms with van der Waals surface area (Å²) in [4.78, 5) is 1.47. The molecule has 0 amide bonds. The molecule has 0 radical (unpaired) electrons. The molecule has 4 nitrogen and oxygen atoms in total. The Kier molecular flexibility index (Phi) is 7.88. The molecule has 3 rings (SSSR count). The van der Waals surface area contributed by atoms with Crippen molar-refractivity contribution in [3.8, 4) is 0 Å². The van der Waals surface area contributed by atoms with E-state index in [-0.39, 0.29) is 19.0 Å². The summed E-state index contributed by atoms with van der Waals surface area (Å²) in [5.41, 5.74) is 1.82. The lowest BCUT2D eigenvalue weighted by Crippen LogP contribution is -2.29. The zero-order chi connectivity index (χ0) is 19.4. The molecule has 1 heterocycles. The van der Waals surface area contributed by atoms with Gasteiger partial charge in [-0.3, -0.25) is 4.90 Å². The number of likely N-dealkylation sites (tertiary alicyclic amines) is 1. The fourth-order valence-corrected chi connectivity index (χ4v) is 4.19. The zero-order valence-electron chi connectivity index (χ0n) is 15.1. The van der Waals surface area contributed by atoms with Crippen molar-refractivity contribution < 1.29 is 21.6 Å². The van der Waals surface area contributed by atoms with Crippen LogP contribution in [0.25, 0.3) is 0 Å². The van der Waals surface area contributed by atoms with Crippen molar-refractivity contribution in [1.82, 2.24) is 9.62 Å². The zero-order valence-corrected chi connectivity index (χ0v) is 16.8. The van der Waals surface area contributed by atoms with Gasteiger partial charge in [0.1, 0.15) is 4.90 Å². The summed E-state index contributed by atoms with van der Waals surface area (Å²) in [7, 11) is -4.30. The normalized spacial score (nSPS) is 15.2. The monoisotopic (exact) mass is 434 g/mol. The highest BCUT2D eigenvalue weighted by Crippen LogP contribution is 2.20. The van der Waals surface area contributed by atoms with E-state index in [2.05, 4.69) is 9.62 Å². The van der Waals surface area contributed by atoms with Gasteiger partial charge in [0.2, 0.25) is 10.0 Å². The van der Waals surface area contributed by atoms with Gasteiger partial charge < -0.3 is 0 Å². The Balaban J connectivity index is 0.00000280. The summed E-state index contributed by atoms with van der Waals surface area (Å²) in [6.07, 6.45) is 3.69. The number of halogens is 4. The number of hydrogen-bond acceptors (Lipinski definition) is 3. The topological polar surface area (TPSA) is 49.4 Å².